The zero-order chi connectivity index (χ0) is 12.6. The average molecular weight is 224 g/mol. The highest BCUT2D eigenvalue weighted by molar-refractivity contribution is 5.08. The van der Waals surface area contributed by atoms with Crippen molar-refractivity contribution in [1.29, 1.82) is 0 Å². The molecule has 0 spiro atoms. The van der Waals surface area contributed by atoms with E-state index in [-0.39, 0.29) is 0 Å². The molecule has 0 aliphatic rings. The lowest BCUT2D eigenvalue weighted by Crippen LogP contribution is -2.19. The van der Waals surface area contributed by atoms with Crippen molar-refractivity contribution in [1.82, 2.24) is 0 Å². The Bertz CT molecular complexity index is 192. The predicted molar refractivity (Wildman–Crippen MR) is 75.8 cm³/mol. The van der Waals surface area contributed by atoms with Crippen molar-refractivity contribution in [2.75, 3.05) is 0 Å². The maximum atomic E-state index is 4.34. The fraction of sp³-hybridized carbons (Fsp3) is 0.875. The average Bonchev–Trinajstić information content (AvgIpc) is 2.32. The molecule has 0 N–H and O–H groups in total. The second-order valence-electron chi connectivity index (χ2n) is 5.67. The van der Waals surface area contributed by atoms with E-state index in [4.69, 9.17) is 0 Å². The highest BCUT2D eigenvalue weighted by Crippen LogP contribution is 2.38. The summed E-state index contributed by atoms with van der Waals surface area (Å²) in [5, 5.41) is 0. The summed E-state index contributed by atoms with van der Waals surface area (Å²) in [6.07, 6.45) is 9.03. The van der Waals surface area contributed by atoms with E-state index in [0.29, 0.717) is 5.41 Å². The lowest BCUT2D eigenvalue weighted by molar-refractivity contribution is 0.301. The van der Waals surface area contributed by atoms with Gasteiger partial charge in [-0.2, -0.15) is 0 Å². The summed E-state index contributed by atoms with van der Waals surface area (Å²) in [5.74, 6) is 0.866. The first-order valence-electron chi connectivity index (χ1n) is 7.18. The van der Waals surface area contributed by atoms with Crippen molar-refractivity contribution in [2.24, 2.45) is 11.3 Å². The first kappa shape index (κ1) is 15.7. The molecule has 0 aromatic carbocycles. The molecular formula is C16H32. The Morgan fingerprint density at radius 3 is 2.31 bits per heavy atom. The van der Waals surface area contributed by atoms with E-state index in [9.17, 15) is 0 Å². The normalized spacial score (nSPS) is 16.8. The Hall–Kier alpha value is -0.260. The van der Waals surface area contributed by atoms with Gasteiger partial charge in [0.05, 0.1) is 0 Å². The molecule has 0 aromatic rings. The van der Waals surface area contributed by atoms with Crippen LogP contribution in [-0.4, -0.2) is 0 Å². The number of rotatable bonds is 9. The van der Waals surface area contributed by atoms with Crippen LogP contribution in [0.2, 0.25) is 0 Å². The monoisotopic (exact) mass is 224 g/mol. The van der Waals surface area contributed by atoms with Crippen LogP contribution in [0.25, 0.3) is 0 Å². The highest BCUT2D eigenvalue weighted by Gasteiger charge is 2.25. The summed E-state index contributed by atoms with van der Waals surface area (Å²) in [7, 11) is 0. The van der Waals surface area contributed by atoms with E-state index in [2.05, 4.69) is 41.2 Å². The van der Waals surface area contributed by atoms with Gasteiger partial charge in [0.25, 0.3) is 0 Å². The molecule has 0 fully saturated rings. The van der Waals surface area contributed by atoms with Crippen molar-refractivity contribution >= 4 is 0 Å². The van der Waals surface area contributed by atoms with Crippen molar-refractivity contribution in [3.63, 3.8) is 0 Å². The topological polar surface area (TPSA) is 0 Å². The quantitative estimate of drug-likeness (QED) is 0.423. The fourth-order valence-electron chi connectivity index (χ4n) is 2.06. The third-order valence-electron chi connectivity index (χ3n) is 4.35. The summed E-state index contributed by atoms with van der Waals surface area (Å²) in [6.45, 7) is 16.0. The first-order valence-corrected chi connectivity index (χ1v) is 7.18. The molecule has 2 atom stereocenters. The van der Waals surface area contributed by atoms with Crippen LogP contribution in [-0.2, 0) is 0 Å². The molecular weight excluding hydrogens is 192 g/mol. The van der Waals surface area contributed by atoms with Crippen LogP contribution in [0.15, 0.2) is 12.2 Å². The predicted octanol–water partition coefficient (Wildman–Crippen LogP) is 5.98. The van der Waals surface area contributed by atoms with Gasteiger partial charge >= 0.3 is 0 Å². The van der Waals surface area contributed by atoms with Crippen LogP contribution in [0.3, 0.4) is 0 Å². The molecule has 0 aliphatic heterocycles. The van der Waals surface area contributed by atoms with Gasteiger partial charge in [0, 0.05) is 0 Å². The molecule has 0 radical (unpaired) electrons. The molecule has 0 amide bonds. The van der Waals surface area contributed by atoms with E-state index < -0.39 is 0 Å². The van der Waals surface area contributed by atoms with Gasteiger partial charge in [0.15, 0.2) is 0 Å². The Morgan fingerprint density at radius 1 is 1.25 bits per heavy atom. The molecule has 0 nitrogen and oxygen atoms in total. The third kappa shape index (κ3) is 5.18. The molecule has 0 aliphatic carbocycles. The minimum absolute atomic E-state index is 0.387. The summed E-state index contributed by atoms with van der Waals surface area (Å²) in [6, 6.07) is 0. The van der Waals surface area contributed by atoms with Crippen LogP contribution in [0, 0.1) is 11.3 Å². The molecule has 0 heteroatoms. The molecule has 0 bridgehead atoms. The van der Waals surface area contributed by atoms with Gasteiger partial charge in [-0.25, -0.2) is 0 Å². The largest absolute Gasteiger partial charge is 0.0993 e. The molecule has 0 heterocycles. The highest BCUT2D eigenvalue weighted by atomic mass is 14.3. The maximum absolute atomic E-state index is 4.34. The third-order valence-corrected chi connectivity index (χ3v) is 4.35. The van der Waals surface area contributed by atoms with Gasteiger partial charge < -0.3 is 0 Å². The first-order chi connectivity index (χ1) is 7.50. The Labute approximate surface area is 104 Å². The molecule has 16 heavy (non-hydrogen) atoms. The lowest BCUT2D eigenvalue weighted by atomic mass is 9.73. The maximum Gasteiger partial charge on any atom is -0.0122 e. The summed E-state index contributed by atoms with van der Waals surface area (Å²) in [4.78, 5) is 0. The molecule has 2 unspecified atom stereocenters. The van der Waals surface area contributed by atoms with Crippen LogP contribution >= 0.6 is 0 Å². The number of allylic oxidation sites excluding steroid dienone is 1. The second kappa shape index (κ2) is 7.92. The Morgan fingerprint density at radius 2 is 1.88 bits per heavy atom. The van der Waals surface area contributed by atoms with E-state index in [0.717, 1.165) is 5.92 Å². The second-order valence-corrected chi connectivity index (χ2v) is 5.67. The van der Waals surface area contributed by atoms with Crippen molar-refractivity contribution in [3.8, 4) is 0 Å². The van der Waals surface area contributed by atoms with Gasteiger partial charge in [-0.15, -0.1) is 0 Å². The van der Waals surface area contributed by atoms with Crippen molar-refractivity contribution in [3.05, 3.63) is 12.2 Å². The van der Waals surface area contributed by atoms with Gasteiger partial charge in [0.2, 0.25) is 0 Å². The molecule has 0 saturated heterocycles. The van der Waals surface area contributed by atoms with E-state index >= 15 is 0 Å². The van der Waals surface area contributed by atoms with Crippen LogP contribution in [0.5, 0.6) is 0 Å². The Kier molecular flexibility index (Phi) is 7.80. The molecule has 0 aromatic heterocycles. The van der Waals surface area contributed by atoms with Crippen LogP contribution < -0.4 is 0 Å². The number of unbranched alkanes of at least 4 members (excludes halogenated alkanes) is 1. The molecule has 0 saturated carbocycles. The van der Waals surface area contributed by atoms with Gasteiger partial charge in [-0.3, -0.25) is 0 Å². The van der Waals surface area contributed by atoms with Crippen molar-refractivity contribution < 1.29 is 0 Å². The fourth-order valence-corrected chi connectivity index (χ4v) is 2.06. The summed E-state index contributed by atoms with van der Waals surface area (Å²) >= 11 is 0. The minimum atomic E-state index is 0.387. The Balaban J connectivity index is 4.23. The lowest BCUT2D eigenvalue weighted by Gasteiger charge is -2.32. The summed E-state index contributed by atoms with van der Waals surface area (Å²) < 4.78 is 0. The zero-order valence-electron chi connectivity index (χ0n) is 12.2. The number of hydrogen-bond donors (Lipinski definition) is 0. The van der Waals surface area contributed by atoms with E-state index in [1.807, 2.05) is 0 Å². The molecule has 96 valence electrons. The van der Waals surface area contributed by atoms with Crippen LogP contribution in [0.1, 0.15) is 79.6 Å². The standard InChI is InChI=1S/C16H32/c1-7-10-11-15(5)16(6,9-3)13-12-14(4)8-2/h14H,5,7-13H2,1-4,6H3. The SMILES string of the molecule is C=C(CCCC)C(C)(CC)CCC(C)CC. The zero-order valence-corrected chi connectivity index (χ0v) is 12.2. The summed E-state index contributed by atoms with van der Waals surface area (Å²) in [5.41, 5.74) is 1.87. The van der Waals surface area contributed by atoms with E-state index in [1.165, 1.54) is 50.5 Å². The van der Waals surface area contributed by atoms with Crippen molar-refractivity contribution in [2.45, 2.75) is 79.6 Å². The number of hydrogen-bond acceptors (Lipinski definition) is 0. The van der Waals surface area contributed by atoms with Crippen LogP contribution in [0.4, 0.5) is 0 Å². The smallest absolute Gasteiger partial charge is 0.0122 e. The molecule has 0 rings (SSSR count). The minimum Gasteiger partial charge on any atom is -0.0993 e. The van der Waals surface area contributed by atoms with Gasteiger partial charge in [-0.05, 0) is 43.4 Å². The van der Waals surface area contributed by atoms with Gasteiger partial charge in [-0.1, -0.05) is 59.6 Å². The van der Waals surface area contributed by atoms with E-state index in [1.54, 1.807) is 0 Å². The van der Waals surface area contributed by atoms with Gasteiger partial charge in [0.1, 0.15) is 0 Å².